The van der Waals surface area contributed by atoms with E-state index in [1.54, 1.807) is 34.6 Å². The fourth-order valence-electron chi connectivity index (χ4n) is 9.23. The van der Waals surface area contributed by atoms with Crippen molar-refractivity contribution in [1.82, 2.24) is 41.9 Å². The zero-order chi connectivity index (χ0) is 52.0. The van der Waals surface area contributed by atoms with Gasteiger partial charge in [0.25, 0.3) is 0 Å². The van der Waals surface area contributed by atoms with Crippen LogP contribution in [0.4, 0.5) is 9.59 Å². The molecular formula is C52H79N8O10. The van der Waals surface area contributed by atoms with Crippen LogP contribution in [0.15, 0.2) is 60.7 Å². The third-order valence-electron chi connectivity index (χ3n) is 12.4. The van der Waals surface area contributed by atoms with Crippen LogP contribution in [0.2, 0.25) is 0 Å². The van der Waals surface area contributed by atoms with Gasteiger partial charge >= 0.3 is 12.2 Å². The Morgan fingerprint density at radius 3 is 1.89 bits per heavy atom. The standard InChI is InChI=1S/C52H79N8O10/c1-33(2)28-39(57-49(67)70-50(5,6)7)44(62)56-40(29-35-20-14-12-15-21-35)47(65)59-27-19-25-41(59)45(63)58-42(34(3)4)46(64)55-38(24-18-26-53-48(66)69-32-36-22-16-13-17-23-36)43(61)54-37-30-51(8,9)60(68)52(10,11)31-37/h12-17,20-23,33-34,37-42H,18-19,24-32H2,1-11H3,(H,53,66)(H,54,61)(H,55,64)(H,56,62)(H,57,67)(H,58,63)/t38-,39-,40+,41+,42+/m1/s1. The van der Waals surface area contributed by atoms with Crippen LogP contribution in [0.25, 0.3) is 0 Å². The molecule has 2 fully saturated rings. The molecule has 18 heteroatoms. The summed E-state index contributed by atoms with van der Waals surface area (Å²) in [5, 5.41) is 31.2. The molecular weight excluding hydrogens is 897 g/mol. The number of nitrogens with one attached hydrogen (secondary N) is 6. The molecule has 2 aliphatic rings. The van der Waals surface area contributed by atoms with Crippen molar-refractivity contribution in [3.63, 3.8) is 0 Å². The summed E-state index contributed by atoms with van der Waals surface area (Å²) >= 11 is 0. The highest BCUT2D eigenvalue weighted by Crippen LogP contribution is 2.37. The third-order valence-corrected chi connectivity index (χ3v) is 12.4. The van der Waals surface area contributed by atoms with E-state index in [9.17, 15) is 38.8 Å². The predicted molar refractivity (Wildman–Crippen MR) is 264 cm³/mol. The highest BCUT2D eigenvalue weighted by atomic mass is 16.6. The number of likely N-dealkylation sites (tertiary alicyclic amines) is 1. The van der Waals surface area contributed by atoms with Crippen molar-refractivity contribution >= 4 is 41.7 Å². The van der Waals surface area contributed by atoms with Gasteiger partial charge in [0.2, 0.25) is 29.5 Å². The molecule has 2 heterocycles. The second kappa shape index (κ2) is 25.4. The number of carbonyl (C=O) groups excluding carboxylic acids is 7. The Hall–Kier alpha value is -5.75. The van der Waals surface area contributed by atoms with Crippen LogP contribution in [0.3, 0.4) is 0 Å². The highest BCUT2D eigenvalue weighted by molar-refractivity contribution is 5.96. The van der Waals surface area contributed by atoms with Gasteiger partial charge in [-0.1, -0.05) is 88.4 Å². The summed E-state index contributed by atoms with van der Waals surface area (Å²) < 4.78 is 10.8. The van der Waals surface area contributed by atoms with E-state index in [2.05, 4.69) is 31.9 Å². The molecule has 0 unspecified atom stereocenters. The minimum atomic E-state index is -1.12. The molecule has 0 spiro atoms. The maximum absolute atomic E-state index is 14.6. The smallest absolute Gasteiger partial charge is 0.408 e. The Morgan fingerprint density at radius 2 is 1.31 bits per heavy atom. The minimum Gasteiger partial charge on any atom is -0.445 e. The van der Waals surface area contributed by atoms with E-state index < -0.39 is 94.5 Å². The molecule has 0 bridgehead atoms. The first-order valence-electron chi connectivity index (χ1n) is 24.7. The van der Waals surface area contributed by atoms with E-state index in [1.807, 2.05) is 102 Å². The minimum absolute atomic E-state index is 0.00244. The molecule has 7 amide bonds. The molecule has 2 aromatic carbocycles. The molecule has 2 aromatic rings. The van der Waals surface area contributed by atoms with Crippen LogP contribution < -0.4 is 31.9 Å². The van der Waals surface area contributed by atoms with Gasteiger partial charge in [-0.25, -0.2) is 9.59 Å². The van der Waals surface area contributed by atoms with E-state index in [4.69, 9.17) is 9.47 Å². The summed E-state index contributed by atoms with van der Waals surface area (Å²) in [6.07, 6.45) is 0.901. The predicted octanol–water partition coefficient (Wildman–Crippen LogP) is 5.46. The largest absolute Gasteiger partial charge is 0.445 e. The van der Waals surface area contributed by atoms with Crippen molar-refractivity contribution < 1.29 is 48.2 Å². The summed E-state index contributed by atoms with van der Waals surface area (Å²) in [5.41, 5.74) is -0.764. The molecule has 5 atom stereocenters. The quantitative estimate of drug-likeness (QED) is 0.0865. The number of rotatable bonds is 21. The molecule has 2 saturated heterocycles. The second-order valence-electron chi connectivity index (χ2n) is 21.7. The summed E-state index contributed by atoms with van der Waals surface area (Å²) in [7, 11) is 0. The molecule has 0 aliphatic carbocycles. The number of hydrogen-bond acceptors (Lipinski definition) is 10. The van der Waals surface area contributed by atoms with Crippen molar-refractivity contribution in [2.24, 2.45) is 11.8 Å². The lowest BCUT2D eigenvalue weighted by Gasteiger charge is -2.50. The number of amides is 7. The van der Waals surface area contributed by atoms with E-state index in [0.29, 0.717) is 25.7 Å². The van der Waals surface area contributed by atoms with Crippen molar-refractivity contribution in [3.05, 3.63) is 71.8 Å². The van der Waals surface area contributed by atoms with Gasteiger partial charge in [0.1, 0.15) is 42.4 Å². The van der Waals surface area contributed by atoms with Gasteiger partial charge < -0.3 is 46.3 Å². The maximum atomic E-state index is 14.6. The molecule has 18 nitrogen and oxygen atoms in total. The number of hydrogen-bond donors (Lipinski definition) is 6. The van der Waals surface area contributed by atoms with Crippen LogP contribution >= 0.6 is 0 Å². The normalized spacial score (nSPS) is 18.7. The SMILES string of the molecule is CC(C)C[C@@H](NC(=O)OC(C)(C)C)C(=O)N[C@@H](Cc1ccccc1)C(=O)N1CCC[C@H]1C(=O)N[C@H](C(=O)N[C@H](CCCNC(=O)OCc1ccccc1)C(=O)NC1CC(C)(C)N([O])C(C)(C)C1)C(C)C. The Balaban J connectivity index is 1.50. The van der Waals surface area contributed by atoms with Gasteiger partial charge in [0, 0.05) is 36.6 Å². The van der Waals surface area contributed by atoms with Crippen molar-refractivity contribution in [2.75, 3.05) is 13.1 Å². The number of benzene rings is 2. The Kier molecular flexibility index (Phi) is 20.6. The van der Waals surface area contributed by atoms with Crippen LogP contribution in [0, 0.1) is 11.8 Å². The van der Waals surface area contributed by atoms with E-state index in [0.717, 1.165) is 16.2 Å². The Morgan fingerprint density at radius 1 is 0.729 bits per heavy atom. The monoisotopic (exact) mass is 976 g/mol. The van der Waals surface area contributed by atoms with E-state index in [-0.39, 0.29) is 57.3 Å². The van der Waals surface area contributed by atoms with Gasteiger partial charge in [-0.3, -0.25) is 24.0 Å². The van der Waals surface area contributed by atoms with Gasteiger partial charge in [0.15, 0.2) is 0 Å². The molecule has 6 N–H and O–H groups in total. The number of hydroxylamine groups is 2. The van der Waals surface area contributed by atoms with Crippen LogP contribution in [-0.2, 0) is 51.7 Å². The molecule has 4 rings (SSSR count). The van der Waals surface area contributed by atoms with E-state index >= 15 is 0 Å². The molecule has 0 aromatic heterocycles. The van der Waals surface area contributed by atoms with Gasteiger partial charge in [0.05, 0.1) is 0 Å². The number of piperidine rings is 1. The van der Waals surface area contributed by atoms with Crippen LogP contribution in [0.5, 0.6) is 0 Å². The van der Waals surface area contributed by atoms with E-state index in [1.165, 1.54) is 4.90 Å². The lowest BCUT2D eigenvalue weighted by molar-refractivity contribution is -0.290. The summed E-state index contributed by atoms with van der Waals surface area (Å²) in [4.78, 5) is 98.1. The average molecular weight is 976 g/mol. The average Bonchev–Trinajstić information content (AvgIpc) is 3.77. The zero-order valence-electron chi connectivity index (χ0n) is 43.1. The molecule has 2 aliphatic heterocycles. The molecule has 70 heavy (non-hydrogen) atoms. The second-order valence-corrected chi connectivity index (χ2v) is 21.7. The third kappa shape index (κ3) is 17.6. The lowest BCUT2D eigenvalue weighted by Crippen LogP contribution is -2.64. The first-order valence-corrected chi connectivity index (χ1v) is 24.7. The number of alkyl carbamates (subject to hydrolysis) is 2. The van der Waals surface area contributed by atoms with Crippen LogP contribution in [-0.4, -0.2) is 118 Å². The van der Waals surface area contributed by atoms with Crippen molar-refractivity contribution in [2.45, 2.75) is 187 Å². The highest BCUT2D eigenvalue weighted by Gasteiger charge is 2.47. The fraction of sp³-hybridized carbons (Fsp3) is 0.635. The summed E-state index contributed by atoms with van der Waals surface area (Å²) in [6.45, 7) is 20.2. The number of nitrogens with zero attached hydrogens (tertiary/aromatic N) is 2. The summed E-state index contributed by atoms with van der Waals surface area (Å²) in [6, 6.07) is 12.7. The maximum Gasteiger partial charge on any atom is 0.408 e. The Labute approximate surface area is 414 Å². The topological polar surface area (TPSA) is 237 Å². The lowest BCUT2D eigenvalue weighted by atomic mass is 9.79. The van der Waals surface area contributed by atoms with Crippen LogP contribution in [0.1, 0.15) is 132 Å². The Bertz CT molecular complexity index is 2060. The van der Waals surface area contributed by atoms with Crippen molar-refractivity contribution in [1.29, 1.82) is 0 Å². The summed E-state index contributed by atoms with van der Waals surface area (Å²) in [5.74, 6) is -3.19. The number of ether oxygens (including phenoxy) is 2. The first-order chi connectivity index (χ1) is 32.8. The van der Waals surface area contributed by atoms with Gasteiger partial charge in [-0.2, -0.15) is 0 Å². The fourth-order valence-corrected chi connectivity index (χ4v) is 9.23. The van der Waals surface area contributed by atoms with Crippen molar-refractivity contribution in [3.8, 4) is 0 Å². The molecule has 1 radical (unpaired) electrons. The van der Waals surface area contributed by atoms with Gasteiger partial charge in [-0.05, 0) is 116 Å². The first kappa shape index (κ1) is 56.8. The molecule has 387 valence electrons. The molecule has 0 saturated carbocycles. The number of carbonyl (C=O) groups is 7. The van der Waals surface area contributed by atoms with Gasteiger partial charge in [-0.15, -0.1) is 10.3 Å². The zero-order valence-corrected chi connectivity index (χ0v) is 43.1.